The van der Waals surface area contributed by atoms with Gasteiger partial charge in [0.05, 0.1) is 16.0 Å². The number of thioether (sulfide) groups is 1. The molecular formula is C11H12ClN3S2. The largest absolute Gasteiger partial charge is 0.393 e. The van der Waals surface area contributed by atoms with Crippen LogP contribution in [0.4, 0.5) is 0 Å². The summed E-state index contributed by atoms with van der Waals surface area (Å²) in [4.78, 5) is 8.20. The highest BCUT2D eigenvalue weighted by molar-refractivity contribution is 7.99. The number of benzene rings is 1. The Labute approximate surface area is 114 Å². The molecule has 0 bridgehead atoms. The summed E-state index contributed by atoms with van der Waals surface area (Å²) in [6.07, 6.45) is 0. The van der Waals surface area contributed by atoms with Gasteiger partial charge in [0.2, 0.25) is 0 Å². The number of nitrogens with zero attached hydrogens (tertiary/aromatic N) is 1. The third-order valence-corrected chi connectivity index (χ3v) is 4.15. The average Bonchev–Trinajstić information content (AvgIpc) is 2.67. The fraction of sp³-hybridized carbons (Fsp3) is 0.273. The molecule has 1 unspecified atom stereocenters. The molecule has 6 heteroatoms. The maximum absolute atomic E-state index is 5.91. The lowest BCUT2D eigenvalue weighted by Crippen LogP contribution is -2.20. The van der Waals surface area contributed by atoms with Crippen molar-refractivity contribution in [3.63, 3.8) is 0 Å². The highest BCUT2D eigenvalue weighted by Crippen LogP contribution is 2.23. The zero-order valence-corrected chi connectivity index (χ0v) is 11.6. The maximum Gasteiger partial charge on any atom is 0.166 e. The molecule has 17 heavy (non-hydrogen) atoms. The van der Waals surface area contributed by atoms with Crippen molar-refractivity contribution < 1.29 is 0 Å². The highest BCUT2D eigenvalue weighted by Gasteiger charge is 2.08. The Hall–Kier alpha value is -0.780. The average molecular weight is 286 g/mol. The van der Waals surface area contributed by atoms with E-state index in [1.54, 1.807) is 11.8 Å². The minimum atomic E-state index is 0.201. The van der Waals surface area contributed by atoms with E-state index in [0.717, 1.165) is 21.9 Å². The molecule has 3 nitrogen and oxygen atoms in total. The van der Waals surface area contributed by atoms with Gasteiger partial charge in [0.1, 0.15) is 0 Å². The summed E-state index contributed by atoms with van der Waals surface area (Å²) in [5, 5.41) is 1.57. The molecule has 0 spiro atoms. The van der Waals surface area contributed by atoms with Gasteiger partial charge in [-0.3, -0.25) is 0 Å². The van der Waals surface area contributed by atoms with E-state index in [4.69, 9.17) is 29.6 Å². The molecule has 0 aliphatic heterocycles. The number of hydrogen-bond acceptors (Lipinski definition) is 3. The molecule has 0 amide bonds. The Morgan fingerprint density at radius 1 is 1.65 bits per heavy atom. The first-order chi connectivity index (χ1) is 8.06. The van der Waals surface area contributed by atoms with Gasteiger partial charge in [-0.2, -0.15) is 0 Å². The van der Waals surface area contributed by atoms with Gasteiger partial charge in [-0.05, 0) is 18.2 Å². The number of rotatable bonds is 4. The smallest absolute Gasteiger partial charge is 0.166 e. The first-order valence-corrected chi connectivity index (χ1v) is 6.91. The molecule has 0 fully saturated rings. The molecule has 0 saturated carbocycles. The number of aromatic nitrogens is 2. The fourth-order valence-electron chi connectivity index (χ4n) is 1.31. The molecule has 3 N–H and O–H groups in total. The van der Waals surface area contributed by atoms with Crippen LogP contribution < -0.4 is 5.73 Å². The first-order valence-electron chi connectivity index (χ1n) is 5.13. The molecule has 1 heterocycles. The lowest BCUT2D eigenvalue weighted by Gasteiger charge is -2.06. The maximum atomic E-state index is 5.91. The second kappa shape index (κ2) is 5.25. The second-order valence-electron chi connectivity index (χ2n) is 3.82. The van der Waals surface area contributed by atoms with E-state index < -0.39 is 0 Å². The van der Waals surface area contributed by atoms with Crippen LogP contribution in [0, 0.1) is 5.92 Å². The third kappa shape index (κ3) is 3.12. The van der Waals surface area contributed by atoms with Gasteiger partial charge in [-0.15, -0.1) is 0 Å². The monoisotopic (exact) mass is 285 g/mol. The lowest BCUT2D eigenvalue weighted by molar-refractivity contribution is 0.901. The predicted octanol–water partition coefficient (Wildman–Crippen LogP) is 3.23. The predicted molar refractivity (Wildman–Crippen MR) is 77.8 cm³/mol. The van der Waals surface area contributed by atoms with Crippen molar-refractivity contribution in [2.75, 3.05) is 5.75 Å². The van der Waals surface area contributed by atoms with E-state index in [9.17, 15) is 0 Å². The summed E-state index contributed by atoms with van der Waals surface area (Å²) in [5.74, 6) is 1.02. The van der Waals surface area contributed by atoms with Gasteiger partial charge < -0.3 is 10.7 Å². The zero-order valence-electron chi connectivity index (χ0n) is 9.24. The minimum Gasteiger partial charge on any atom is -0.393 e. The van der Waals surface area contributed by atoms with E-state index in [1.165, 1.54) is 0 Å². The summed E-state index contributed by atoms with van der Waals surface area (Å²) in [5.41, 5.74) is 7.43. The topological polar surface area (TPSA) is 54.7 Å². The van der Waals surface area contributed by atoms with Crippen LogP contribution in [-0.2, 0) is 0 Å². The summed E-state index contributed by atoms with van der Waals surface area (Å²) in [6.45, 7) is 2.01. The lowest BCUT2D eigenvalue weighted by atomic mass is 10.2. The summed E-state index contributed by atoms with van der Waals surface area (Å²) >= 11 is 12.5. The molecule has 2 aromatic rings. The van der Waals surface area contributed by atoms with Crippen LogP contribution in [0.5, 0.6) is 0 Å². The Morgan fingerprint density at radius 2 is 2.41 bits per heavy atom. The number of fused-ring (bicyclic) bond motifs is 1. The van der Waals surface area contributed by atoms with Crippen LogP contribution in [-0.4, -0.2) is 20.7 Å². The molecule has 1 atom stereocenters. The molecule has 2 rings (SSSR count). The van der Waals surface area contributed by atoms with Crippen molar-refractivity contribution in [1.29, 1.82) is 0 Å². The van der Waals surface area contributed by atoms with Gasteiger partial charge in [-0.25, -0.2) is 4.98 Å². The highest BCUT2D eigenvalue weighted by atomic mass is 35.5. The normalized spacial score (nSPS) is 12.8. The molecule has 90 valence electrons. The van der Waals surface area contributed by atoms with E-state index in [2.05, 4.69) is 9.97 Å². The summed E-state index contributed by atoms with van der Waals surface area (Å²) in [6, 6.07) is 5.59. The van der Waals surface area contributed by atoms with Crippen molar-refractivity contribution in [1.82, 2.24) is 9.97 Å². The van der Waals surface area contributed by atoms with Gasteiger partial charge >= 0.3 is 0 Å². The van der Waals surface area contributed by atoms with Crippen molar-refractivity contribution in [2.24, 2.45) is 11.7 Å². The standard InChI is InChI=1S/C11H12ClN3S2/c1-6(10(13)16)5-17-11-14-8-3-2-7(12)4-9(8)15-11/h2-4,6H,5H2,1H3,(H2,13,16)(H,14,15). The number of nitrogens with one attached hydrogen (secondary N) is 1. The molecule has 1 aromatic heterocycles. The molecular weight excluding hydrogens is 274 g/mol. The van der Waals surface area contributed by atoms with Crippen molar-refractivity contribution >= 4 is 51.6 Å². The summed E-state index contributed by atoms with van der Waals surface area (Å²) < 4.78 is 0. The Kier molecular flexibility index (Phi) is 3.91. The van der Waals surface area contributed by atoms with Crippen LogP contribution in [0.1, 0.15) is 6.92 Å². The molecule has 0 aliphatic rings. The summed E-state index contributed by atoms with van der Waals surface area (Å²) in [7, 11) is 0. The SMILES string of the molecule is CC(CSc1nc2ccc(Cl)cc2[nH]1)C(N)=S. The van der Waals surface area contributed by atoms with Crippen LogP contribution in [0.3, 0.4) is 0 Å². The Balaban J connectivity index is 2.12. The number of hydrogen-bond donors (Lipinski definition) is 2. The second-order valence-corrected chi connectivity index (χ2v) is 5.73. The van der Waals surface area contributed by atoms with Crippen molar-refractivity contribution in [3.8, 4) is 0 Å². The molecule has 0 saturated heterocycles. The molecule has 0 aliphatic carbocycles. The zero-order chi connectivity index (χ0) is 12.4. The van der Waals surface area contributed by atoms with Crippen molar-refractivity contribution in [2.45, 2.75) is 12.1 Å². The van der Waals surface area contributed by atoms with Crippen LogP contribution in [0.15, 0.2) is 23.4 Å². The van der Waals surface area contributed by atoms with Gasteiger partial charge in [0, 0.05) is 16.7 Å². The van der Waals surface area contributed by atoms with Crippen LogP contribution in [0.2, 0.25) is 5.02 Å². The van der Waals surface area contributed by atoms with Gasteiger partial charge in [0.25, 0.3) is 0 Å². The Bertz CT molecular complexity index is 553. The minimum absolute atomic E-state index is 0.201. The first kappa shape index (κ1) is 12.7. The van der Waals surface area contributed by atoms with Crippen LogP contribution in [0.25, 0.3) is 11.0 Å². The number of nitrogens with two attached hydrogens (primary N) is 1. The quantitative estimate of drug-likeness (QED) is 0.669. The number of thiocarbonyl (C=S) groups is 1. The molecule has 1 aromatic carbocycles. The number of imidazole rings is 1. The van der Waals surface area contributed by atoms with E-state index in [1.807, 2.05) is 25.1 Å². The van der Waals surface area contributed by atoms with Crippen molar-refractivity contribution in [3.05, 3.63) is 23.2 Å². The fourth-order valence-corrected chi connectivity index (χ4v) is 2.61. The van der Waals surface area contributed by atoms with Gasteiger partial charge in [-0.1, -0.05) is 42.5 Å². The number of H-pyrrole nitrogens is 1. The number of aromatic amines is 1. The van der Waals surface area contributed by atoms with E-state index >= 15 is 0 Å². The Morgan fingerprint density at radius 3 is 3.12 bits per heavy atom. The number of halogens is 1. The van der Waals surface area contributed by atoms with Gasteiger partial charge in [0.15, 0.2) is 5.16 Å². The van der Waals surface area contributed by atoms with Crippen LogP contribution >= 0.6 is 35.6 Å². The molecule has 0 radical (unpaired) electrons. The van der Waals surface area contributed by atoms with E-state index in [0.29, 0.717) is 10.0 Å². The van der Waals surface area contributed by atoms with E-state index in [-0.39, 0.29) is 5.92 Å². The third-order valence-electron chi connectivity index (χ3n) is 2.38.